The number of nitrogens with zero attached hydrogens (tertiary/aromatic N) is 4. The van der Waals surface area contributed by atoms with Gasteiger partial charge in [0.1, 0.15) is 0 Å². The van der Waals surface area contributed by atoms with E-state index in [2.05, 4.69) is 21.8 Å². The van der Waals surface area contributed by atoms with Gasteiger partial charge in [-0.05, 0) is 49.6 Å². The Morgan fingerprint density at radius 3 is 2.38 bits per heavy atom. The van der Waals surface area contributed by atoms with Crippen LogP contribution in [0.3, 0.4) is 0 Å². The maximum atomic E-state index is 13.1. The van der Waals surface area contributed by atoms with Gasteiger partial charge < -0.3 is 19.9 Å². The highest BCUT2D eigenvalue weighted by Gasteiger charge is 2.41. The first-order valence-corrected chi connectivity index (χ1v) is 13.8. The number of carbonyl (C=O) groups is 2. The van der Waals surface area contributed by atoms with Gasteiger partial charge in [0.25, 0.3) is 0 Å². The van der Waals surface area contributed by atoms with E-state index >= 15 is 0 Å². The zero-order chi connectivity index (χ0) is 26.5. The summed E-state index contributed by atoms with van der Waals surface area (Å²) in [6, 6.07) is 10.3. The van der Waals surface area contributed by atoms with E-state index in [-0.39, 0.29) is 43.6 Å². The Balaban J connectivity index is 1.45. The van der Waals surface area contributed by atoms with Crippen LogP contribution in [0.2, 0.25) is 0 Å². The number of benzene rings is 1. The normalized spacial score (nSPS) is 18.4. The van der Waals surface area contributed by atoms with E-state index in [1.165, 1.54) is 16.4 Å². The van der Waals surface area contributed by atoms with Gasteiger partial charge in [-0.25, -0.2) is 13.2 Å². The minimum Gasteiger partial charge on any atom is -0.450 e. The number of alkyl carbamates (subject to hydrolysis) is 1. The summed E-state index contributed by atoms with van der Waals surface area (Å²) in [4.78, 5) is 33.7. The molecule has 4 rings (SSSR count). The molecule has 0 unspecified atom stereocenters. The Kier molecular flexibility index (Phi) is 8.13. The van der Waals surface area contributed by atoms with Crippen molar-refractivity contribution in [2.45, 2.75) is 30.2 Å². The van der Waals surface area contributed by atoms with Crippen molar-refractivity contribution in [1.29, 1.82) is 0 Å². The van der Waals surface area contributed by atoms with Gasteiger partial charge in [0.15, 0.2) is 0 Å². The van der Waals surface area contributed by atoms with E-state index in [9.17, 15) is 18.0 Å². The molecule has 10 nitrogen and oxygen atoms in total. The van der Waals surface area contributed by atoms with Crippen LogP contribution in [0.1, 0.15) is 25.3 Å². The summed E-state index contributed by atoms with van der Waals surface area (Å²) in [5.74, 6) is -0.292. The number of carbonyl (C=O) groups excluding carboxylic acids is 2. The molecule has 2 aromatic rings. The first kappa shape index (κ1) is 26.6. The minimum atomic E-state index is -3.81. The minimum absolute atomic E-state index is 0.142. The fourth-order valence-electron chi connectivity index (χ4n) is 4.80. The molecule has 0 bridgehead atoms. The molecule has 3 heterocycles. The number of pyridine rings is 1. The Morgan fingerprint density at radius 1 is 1.11 bits per heavy atom. The molecule has 2 fully saturated rings. The molecule has 0 saturated carbocycles. The van der Waals surface area contributed by atoms with Crippen LogP contribution in [-0.2, 0) is 19.6 Å². The molecule has 0 atom stereocenters. The number of amides is 2. The molecule has 198 valence electrons. The Hall–Kier alpha value is -3.44. The fraction of sp³-hybridized carbons (Fsp3) is 0.423. The SMILES string of the molecule is C=Cc1ccc(S(=O)(=O)N2CCN(CC3(NC(=O)OCC)CCN(c4ccncc4)CC3)C(=O)C2)cc1. The largest absolute Gasteiger partial charge is 0.450 e. The van der Waals surface area contributed by atoms with Crippen molar-refractivity contribution in [3.63, 3.8) is 0 Å². The van der Waals surface area contributed by atoms with Crippen LogP contribution in [0.5, 0.6) is 0 Å². The molecule has 0 aliphatic carbocycles. The molecule has 1 aromatic heterocycles. The predicted octanol–water partition coefficient (Wildman–Crippen LogP) is 2.34. The third-order valence-electron chi connectivity index (χ3n) is 6.92. The smallest absolute Gasteiger partial charge is 0.407 e. The Bertz CT molecular complexity index is 1210. The van der Waals surface area contributed by atoms with E-state index in [0.29, 0.717) is 25.9 Å². The first-order chi connectivity index (χ1) is 17.8. The Morgan fingerprint density at radius 2 is 1.78 bits per heavy atom. The predicted molar refractivity (Wildman–Crippen MR) is 140 cm³/mol. The molecule has 1 aromatic carbocycles. The standard InChI is InChI=1S/C26H33N5O5S/c1-3-21-5-7-23(8-6-21)37(34,35)31-18-17-30(24(32)19-31)20-26(28-25(33)36-4-2)11-15-29(16-12-26)22-9-13-27-14-10-22/h3,5-10,13-14H,1,4,11-12,15-20H2,2H3,(H,28,33). The Labute approximate surface area is 218 Å². The highest BCUT2D eigenvalue weighted by molar-refractivity contribution is 7.89. The van der Waals surface area contributed by atoms with Crippen LogP contribution in [0.15, 0.2) is 60.3 Å². The molecular formula is C26H33N5O5S. The van der Waals surface area contributed by atoms with Crippen LogP contribution >= 0.6 is 0 Å². The number of rotatable bonds is 8. The second kappa shape index (κ2) is 11.3. The molecule has 2 saturated heterocycles. The molecule has 2 aliphatic rings. The highest BCUT2D eigenvalue weighted by Crippen LogP contribution is 2.28. The lowest BCUT2D eigenvalue weighted by Gasteiger charge is -2.46. The zero-order valence-corrected chi connectivity index (χ0v) is 21.8. The van der Waals surface area contributed by atoms with E-state index in [4.69, 9.17) is 4.74 Å². The number of hydrogen-bond donors (Lipinski definition) is 1. The van der Waals surface area contributed by atoms with Crippen LogP contribution < -0.4 is 10.2 Å². The number of anilines is 1. The third kappa shape index (κ3) is 6.11. The second-order valence-electron chi connectivity index (χ2n) is 9.25. The molecule has 2 aliphatic heterocycles. The number of hydrogen-bond acceptors (Lipinski definition) is 7. The number of ether oxygens (including phenoxy) is 1. The van der Waals surface area contributed by atoms with Crippen molar-refractivity contribution in [2.75, 3.05) is 50.8 Å². The number of piperazine rings is 1. The van der Waals surface area contributed by atoms with Gasteiger partial charge in [0.2, 0.25) is 15.9 Å². The lowest BCUT2D eigenvalue weighted by Crippen LogP contribution is -2.64. The zero-order valence-electron chi connectivity index (χ0n) is 21.0. The van der Waals surface area contributed by atoms with Gasteiger partial charge in [-0.15, -0.1) is 0 Å². The van der Waals surface area contributed by atoms with Crippen molar-refractivity contribution in [3.05, 3.63) is 60.9 Å². The van der Waals surface area contributed by atoms with Crippen LogP contribution in [0.25, 0.3) is 6.08 Å². The number of aromatic nitrogens is 1. The summed E-state index contributed by atoms with van der Waals surface area (Å²) in [7, 11) is -3.81. The fourth-order valence-corrected chi connectivity index (χ4v) is 6.18. The van der Waals surface area contributed by atoms with E-state index in [1.54, 1.807) is 42.4 Å². The maximum Gasteiger partial charge on any atom is 0.407 e. The van der Waals surface area contributed by atoms with Crippen LogP contribution in [-0.4, -0.2) is 86.0 Å². The first-order valence-electron chi connectivity index (χ1n) is 12.4. The summed E-state index contributed by atoms with van der Waals surface area (Å²) in [5, 5.41) is 3.02. The summed E-state index contributed by atoms with van der Waals surface area (Å²) in [6.07, 6.45) is 5.82. The average molecular weight is 528 g/mol. The number of nitrogens with one attached hydrogen (secondary N) is 1. The lowest BCUT2D eigenvalue weighted by atomic mass is 9.86. The van der Waals surface area contributed by atoms with Crippen molar-refractivity contribution in [3.8, 4) is 0 Å². The quantitative estimate of drug-likeness (QED) is 0.561. The van der Waals surface area contributed by atoms with E-state index < -0.39 is 21.7 Å². The van der Waals surface area contributed by atoms with Crippen molar-refractivity contribution >= 4 is 33.8 Å². The number of sulfonamides is 1. The molecule has 1 N–H and O–H groups in total. The summed E-state index contributed by atoms with van der Waals surface area (Å²) < 4.78 is 32.6. The van der Waals surface area contributed by atoms with Gasteiger partial charge in [-0.3, -0.25) is 9.78 Å². The summed E-state index contributed by atoms with van der Waals surface area (Å²) in [6.45, 7) is 7.49. The van der Waals surface area contributed by atoms with Crippen LogP contribution in [0, 0.1) is 0 Å². The van der Waals surface area contributed by atoms with Crippen molar-refractivity contribution in [1.82, 2.24) is 19.5 Å². The third-order valence-corrected chi connectivity index (χ3v) is 8.78. The maximum absolute atomic E-state index is 13.1. The molecule has 2 amide bonds. The lowest BCUT2D eigenvalue weighted by molar-refractivity contribution is -0.135. The van der Waals surface area contributed by atoms with E-state index in [0.717, 1.165) is 11.3 Å². The molecule has 0 radical (unpaired) electrons. The van der Waals surface area contributed by atoms with Gasteiger partial charge in [-0.1, -0.05) is 24.8 Å². The number of piperidine rings is 1. The van der Waals surface area contributed by atoms with Gasteiger partial charge >= 0.3 is 6.09 Å². The topological polar surface area (TPSA) is 112 Å². The molecule has 37 heavy (non-hydrogen) atoms. The van der Waals surface area contributed by atoms with Gasteiger partial charge in [0.05, 0.1) is 23.6 Å². The van der Waals surface area contributed by atoms with E-state index in [1.807, 2.05) is 12.1 Å². The van der Waals surface area contributed by atoms with Gasteiger partial charge in [0, 0.05) is 50.8 Å². The summed E-state index contributed by atoms with van der Waals surface area (Å²) in [5.41, 5.74) is 1.19. The summed E-state index contributed by atoms with van der Waals surface area (Å²) >= 11 is 0. The molecular weight excluding hydrogens is 494 g/mol. The average Bonchev–Trinajstić information content (AvgIpc) is 2.91. The van der Waals surface area contributed by atoms with Crippen LogP contribution in [0.4, 0.5) is 10.5 Å². The second-order valence-corrected chi connectivity index (χ2v) is 11.2. The molecule has 0 spiro atoms. The van der Waals surface area contributed by atoms with Gasteiger partial charge in [-0.2, -0.15) is 4.31 Å². The van der Waals surface area contributed by atoms with Crippen molar-refractivity contribution in [2.24, 2.45) is 0 Å². The van der Waals surface area contributed by atoms with Crippen molar-refractivity contribution < 1.29 is 22.7 Å². The highest BCUT2D eigenvalue weighted by atomic mass is 32.2. The monoisotopic (exact) mass is 527 g/mol. The molecule has 11 heteroatoms.